The Morgan fingerprint density at radius 1 is 0.926 bits per heavy atom. The molecule has 5 nitrogen and oxygen atoms in total. The Morgan fingerprint density at radius 2 is 1.74 bits per heavy atom. The first-order chi connectivity index (χ1) is 12.9. The van der Waals surface area contributed by atoms with Crippen LogP contribution in [0, 0.1) is 13.8 Å². The Hall–Kier alpha value is -3.47. The van der Waals surface area contributed by atoms with Gasteiger partial charge in [-0.2, -0.15) is 0 Å². The second-order valence-corrected chi connectivity index (χ2v) is 6.47. The monoisotopic (exact) mass is 359 g/mol. The molecule has 0 saturated carbocycles. The highest BCUT2D eigenvalue weighted by Crippen LogP contribution is 2.19. The molecule has 27 heavy (non-hydrogen) atoms. The predicted molar refractivity (Wildman–Crippen MR) is 108 cm³/mol. The van der Waals surface area contributed by atoms with Crippen molar-refractivity contribution in [3.8, 4) is 0 Å². The van der Waals surface area contributed by atoms with E-state index in [1.807, 2.05) is 44.2 Å². The van der Waals surface area contributed by atoms with Crippen molar-refractivity contribution < 1.29 is 9.59 Å². The highest BCUT2D eigenvalue weighted by molar-refractivity contribution is 6.04. The van der Waals surface area contributed by atoms with Gasteiger partial charge < -0.3 is 10.6 Å². The van der Waals surface area contributed by atoms with Crippen LogP contribution in [-0.2, 0) is 0 Å². The van der Waals surface area contributed by atoms with E-state index in [-0.39, 0.29) is 11.7 Å². The van der Waals surface area contributed by atoms with E-state index < -0.39 is 0 Å². The second-order valence-electron chi connectivity index (χ2n) is 6.47. The Morgan fingerprint density at radius 3 is 2.44 bits per heavy atom. The van der Waals surface area contributed by atoms with Gasteiger partial charge in [0.05, 0.1) is 5.56 Å². The largest absolute Gasteiger partial charge is 0.340 e. The van der Waals surface area contributed by atoms with Gasteiger partial charge in [-0.3, -0.25) is 9.59 Å². The zero-order chi connectivity index (χ0) is 19.4. The van der Waals surface area contributed by atoms with Gasteiger partial charge in [0.1, 0.15) is 5.82 Å². The van der Waals surface area contributed by atoms with Crippen LogP contribution >= 0.6 is 0 Å². The van der Waals surface area contributed by atoms with Gasteiger partial charge in [-0.1, -0.05) is 24.3 Å². The number of rotatable bonds is 5. The Kier molecular flexibility index (Phi) is 5.31. The Balaban J connectivity index is 1.71. The van der Waals surface area contributed by atoms with Crippen LogP contribution in [-0.4, -0.2) is 16.7 Å². The first kappa shape index (κ1) is 18.3. The van der Waals surface area contributed by atoms with Crippen molar-refractivity contribution in [2.75, 3.05) is 10.6 Å². The quantitative estimate of drug-likeness (QED) is 0.636. The molecule has 0 spiro atoms. The molecule has 3 rings (SSSR count). The van der Waals surface area contributed by atoms with Gasteiger partial charge in [-0.25, -0.2) is 4.98 Å². The summed E-state index contributed by atoms with van der Waals surface area (Å²) in [7, 11) is 0. The summed E-state index contributed by atoms with van der Waals surface area (Å²) in [5, 5.41) is 6.06. The van der Waals surface area contributed by atoms with Crippen LogP contribution in [0.4, 0.5) is 17.2 Å². The van der Waals surface area contributed by atoms with Gasteiger partial charge in [0, 0.05) is 23.1 Å². The van der Waals surface area contributed by atoms with Crippen molar-refractivity contribution in [3.63, 3.8) is 0 Å². The molecule has 3 aromatic rings. The predicted octanol–water partition coefficient (Wildman–Crippen LogP) is 4.90. The molecular formula is C22H21N3O2. The molecular weight excluding hydrogens is 338 g/mol. The summed E-state index contributed by atoms with van der Waals surface area (Å²) >= 11 is 0. The fraction of sp³-hybridized carbons (Fsp3) is 0.136. The molecule has 1 heterocycles. The molecule has 0 saturated heterocycles. The lowest BCUT2D eigenvalue weighted by molar-refractivity contribution is 0.101. The molecule has 2 N–H and O–H groups in total. The first-order valence-electron chi connectivity index (χ1n) is 8.65. The van der Waals surface area contributed by atoms with Crippen LogP contribution in [0.3, 0.4) is 0 Å². The molecule has 2 aromatic carbocycles. The summed E-state index contributed by atoms with van der Waals surface area (Å²) in [6.07, 6.45) is 1.53. The van der Waals surface area contributed by atoms with Gasteiger partial charge in [0.2, 0.25) is 0 Å². The van der Waals surface area contributed by atoms with Crippen molar-refractivity contribution in [1.29, 1.82) is 0 Å². The third kappa shape index (κ3) is 4.58. The third-order valence-electron chi connectivity index (χ3n) is 4.21. The molecule has 0 aliphatic rings. The highest BCUT2D eigenvalue weighted by Gasteiger charge is 2.09. The van der Waals surface area contributed by atoms with Gasteiger partial charge in [-0.15, -0.1) is 0 Å². The maximum Gasteiger partial charge on any atom is 0.257 e. The minimum Gasteiger partial charge on any atom is -0.340 e. The minimum atomic E-state index is -0.207. The van der Waals surface area contributed by atoms with Crippen LogP contribution in [0.2, 0.25) is 0 Å². The van der Waals surface area contributed by atoms with E-state index in [0.717, 1.165) is 22.5 Å². The highest BCUT2D eigenvalue weighted by atomic mass is 16.1. The number of pyridine rings is 1. The summed E-state index contributed by atoms with van der Waals surface area (Å²) in [5.74, 6) is 0.394. The SMILES string of the molecule is CC(=O)c1cccc(Nc2ccc(C(=O)Nc3cc(C)ccc3C)cn2)c1. The summed E-state index contributed by atoms with van der Waals surface area (Å²) in [6.45, 7) is 5.47. The van der Waals surface area contributed by atoms with Gasteiger partial charge in [0.25, 0.3) is 5.91 Å². The number of carbonyl (C=O) groups excluding carboxylic acids is 2. The zero-order valence-electron chi connectivity index (χ0n) is 15.5. The Labute approximate surface area is 158 Å². The molecule has 0 fully saturated rings. The van der Waals surface area contributed by atoms with E-state index >= 15 is 0 Å². The molecule has 136 valence electrons. The summed E-state index contributed by atoms with van der Waals surface area (Å²) in [6, 6.07) is 16.6. The number of aryl methyl sites for hydroxylation is 2. The first-order valence-corrected chi connectivity index (χ1v) is 8.65. The smallest absolute Gasteiger partial charge is 0.257 e. The van der Waals surface area contributed by atoms with Crippen LogP contribution in [0.5, 0.6) is 0 Å². The topological polar surface area (TPSA) is 71.1 Å². The number of nitrogens with one attached hydrogen (secondary N) is 2. The number of hydrogen-bond donors (Lipinski definition) is 2. The lowest BCUT2D eigenvalue weighted by Crippen LogP contribution is -2.13. The van der Waals surface area contributed by atoms with Gasteiger partial charge in [-0.05, 0) is 62.2 Å². The number of amides is 1. The zero-order valence-corrected chi connectivity index (χ0v) is 15.5. The summed E-state index contributed by atoms with van der Waals surface area (Å²) in [4.78, 5) is 28.2. The molecule has 1 amide bonds. The van der Waals surface area contributed by atoms with E-state index in [1.54, 1.807) is 24.3 Å². The number of nitrogens with zero attached hydrogens (tertiary/aromatic N) is 1. The van der Waals surface area contributed by atoms with Crippen LogP contribution in [0.15, 0.2) is 60.8 Å². The Bertz CT molecular complexity index is 995. The van der Waals surface area contributed by atoms with E-state index in [9.17, 15) is 9.59 Å². The molecule has 1 aromatic heterocycles. The van der Waals surface area contributed by atoms with Crippen molar-refractivity contribution in [2.24, 2.45) is 0 Å². The van der Waals surface area contributed by atoms with Crippen LogP contribution < -0.4 is 10.6 Å². The van der Waals surface area contributed by atoms with Crippen LogP contribution in [0.1, 0.15) is 38.8 Å². The van der Waals surface area contributed by atoms with Gasteiger partial charge >= 0.3 is 0 Å². The maximum atomic E-state index is 12.5. The van der Waals surface area contributed by atoms with Gasteiger partial charge in [0.15, 0.2) is 5.78 Å². The van der Waals surface area contributed by atoms with Crippen molar-refractivity contribution >= 4 is 28.9 Å². The van der Waals surface area contributed by atoms with Crippen LogP contribution in [0.25, 0.3) is 0 Å². The minimum absolute atomic E-state index is 0.00469. The molecule has 0 atom stereocenters. The number of ketones is 1. The van der Waals surface area contributed by atoms with E-state index in [4.69, 9.17) is 0 Å². The van der Waals surface area contributed by atoms with E-state index in [2.05, 4.69) is 15.6 Å². The number of anilines is 3. The van der Waals surface area contributed by atoms with E-state index in [1.165, 1.54) is 13.1 Å². The third-order valence-corrected chi connectivity index (χ3v) is 4.21. The second kappa shape index (κ2) is 7.83. The average molecular weight is 359 g/mol. The van der Waals surface area contributed by atoms with Crippen molar-refractivity contribution in [1.82, 2.24) is 4.98 Å². The summed E-state index contributed by atoms with van der Waals surface area (Å²) < 4.78 is 0. The fourth-order valence-corrected chi connectivity index (χ4v) is 2.63. The number of Topliss-reactive ketones (excluding diaryl/α,β-unsaturated/α-hetero) is 1. The average Bonchev–Trinajstić information content (AvgIpc) is 2.65. The number of carbonyl (C=O) groups is 2. The fourth-order valence-electron chi connectivity index (χ4n) is 2.63. The number of hydrogen-bond acceptors (Lipinski definition) is 4. The van der Waals surface area contributed by atoms with E-state index in [0.29, 0.717) is 16.9 Å². The molecule has 0 bridgehead atoms. The summed E-state index contributed by atoms with van der Waals surface area (Å²) in [5.41, 5.74) is 4.75. The van der Waals surface area contributed by atoms with Crippen molar-refractivity contribution in [2.45, 2.75) is 20.8 Å². The number of aromatic nitrogens is 1. The maximum absolute atomic E-state index is 12.5. The van der Waals surface area contributed by atoms with Crippen molar-refractivity contribution in [3.05, 3.63) is 83.0 Å². The molecule has 0 radical (unpaired) electrons. The lowest BCUT2D eigenvalue weighted by Gasteiger charge is -2.10. The molecule has 0 aliphatic heterocycles. The normalized spacial score (nSPS) is 10.3. The number of benzene rings is 2. The molecule has 0 aliphatic carbocycles. The lowest BCUT2D eigenvalue weighted by atomic mass is 10.1. The molecule has 0 unspecified atom stereocenters. The standard InChI is InChI=1S/C22H21N3O2/c1-14-7-8-15(2)20(11-14)25-22(27)18-9-10-21(23-13-18)24-19-6-4-5-17(12-19)16(3)26/h4-13H,1-3H3,(H,23,24)(H,25,27). The molecule has 5 heteroatoms.